The smallest absolute Gasteiger partial charge is 0.303 e. The van der Waals surface area contributed by atoms with Gasteiger partial charge in [-0.05, 0) is 6.92 Å². The number of rotatable bonds is 6. The number of anilines is 1. The maximum atomic E-state index is 10.5. The van der Waals surface area contributed by atoms with Crippen molar-refractivity contribution in [3.63, 3.8) is 0 Å². The standard InChI is InChI=1S/C11H13N3O2S2/c1-7(10-12-4-5-17-10)13-11-14-8(6-18-11)2-3-9(15)16/h4-7H,2-3H2,1H3,(H,13,14)(H,15,16). The lowest BCUT2D eigenvalue weighted by molar-refractivity contribution is -0.136. The predicted molar refractivity (Wildman–Crippen MR) is 72.2 cm³/mol. The molecule has 0 aliphatic heterocycles. The van der Waals surface area contributed by atoms with Gasteiger partial charge in [-0.25, -0.2) is 9.97 Å². The summed E-state index contributed by atoms with van der Waals surface area (Å²) in [6.45, 7) is 2.02. The van der Waals surface area contributed by atoms with Gasteiger partial charge in [-0.3, -0.25) is 4.79 Å². The van der Waals surface area contributed by atoms with E-state index in [1.165, 1.54) is 11.3 Å². The Morgan fingerprint density at radius 3 is 3.06 bits per heavy atom. The van der Waals surface area contributed by atoms with Crippen LogP contribution in [0.2, 0.25) is 0 Å². The fourth-order valence-corrected chi connectivity index (χ4v) is 2.90. The summed E-state index contributed by atoms with van der Waals surface area (Å²) >= 11 is 3.09. The molecule has 0 aliphatic rings. The third-order valence-corrected chi connectivity index (χ3v) is 4.09. The van der Waals surface area contributed by atoms with E-state index in [0.717, 1.165) is 15.8 Å². The summed E-state index contributed by atoms with van der Waals surface area (Å²) < 4.78 is 0. The molecule has 2 rings (SSSR count). The lowest BCUT2D eigenvalue weighted by Crippen LogP contribution is -2.06. The van der Waals surface area contributed by atoms with E-state index in [2.05, 4.69) is 15.3 Å². The number of nitrogens with zero attached hydrogens (tertiary/aromatic N) is 2. The molecule has 0 saturated carbocycles. The van der Waals surface area contributed by atoms with E-state index in [4.69, 9.17) is 5.11 Å². The van der Waals surface area contributed by atoms with Gasteiger partial charge in [-0.2, -0.15) is 0 Å². The van der Waals surface area contributed by atoms with Gasteiger partial charge < -0.3 is 10.4 Å². The van der Waals surface area contributed by atoms with Gasteiger partial charge in [0.2, 0.25) is 0 Å². The molecule has 96 valence electrons. The van der Waals surface area contributed by atoms with Gasteiger partial charge in [0.1, 0.15) is 5.01 Å². The number of thiazole rings is 2. The van der Waals surface area contributed by atoms with Crippen LogP contribution in [0, 0.1) is 0 Å². The van der Waals surface area contributed by atoms with E-state index < -0.39 is 5.97 Å². The van der Waals surface area contributed by atoms with Gasteiger partial charge in [-0.1, -0.05) is 0 Å². The fraction of sp³-hybridized carbons (Fsp3) is 0.364. The summed E-state index contributed by atoms with van der Waals surface area (Å²) in [4.78, 5) is 19.1. The second-order valence-electron chi connectivity index (χ2n) is 3.77. The highest BCUT2D eigenvalue weighted by Crippen LogP contribution is 2.23. The number of carboxylic acid groups (broad SMARTS) is 1. The molecule has 0 aliphatic carbocycles. The highest BCUT2D eigenvalue weighted by molar-refractivity contribution is 7.13. The second-order valence-corrected chi connectivity index (χ2v) is 5.56. The first kappa shape index (κ1) is 13.0. The van der Waals surface area contributed by atoms with Gasteiger partial charge in [0.05, 0.1) is 18.2 Å². The maximum Gasteiger partial charge on any atom is 0.303 e. The van der Waals surface area contributed by atoms with Gasteiger partial charge in [0.25, 0.3) is 0 Å². The highest BCUT2D eigenvalue weighted by Gasteiger charge is 2.10. The van der Waals surface area contributed by atoms with Crippen LogP contribution in [0.1, 0.15) is 30.1 Å². The summed E-state index contributed by atoms with van der Waals surface area (Å²) in [5.41, 5.74) is 0.816. The molecular formula is C11H13N3O2S2. The molecule has 0 saturated heterocycles. The minimum atomic E-state index is -0.798. The van der Waals surface area contributed by atoms with Crippen LogP contribution in [0.3, 0.4) is 0 Å². The van der Waals surface area contributed by atoms with Crippen LogP contribution in [0.15, 0.2) is 17.0 Å². The number of carbonyl (C=O) groups is 1. The SMILES string of the molecule is CC(Nc1nc(CCC(=O)O)cs1)c1nccs1. The van der Waals surface area contributed by atoms with Crippen molar-refractivity contribution in [3.8, 4) is 0 Å². The minimum absolute atomic E-state index is 0.114. The van der Waals surface area contributed by atoms with Gasteiger partial charge in [-0.15, -0.1) is 22.7 Å². The van der Waals surface area contributed by atoms with E-state index in [1.807, 2.05) is 17.7 Å². The first-order chi connectivity index (χ1) is 8.65. The number of aryl methyl sites for hydroxylation is 1. The van der Waals surface area contributed by atoms with Crippen LogP contribution in [-0.4, -0.2) is 21.0 Å². The average Bonchev–Trinajstić information content (AvgIpc) is 2.97. The first-order valence-electron chi connectivity index (χ1n) is 5.47. The Morgan fingerprint density at radius 2 is 2.39 bits per heavy atom. The molecule has 2 N–H and O–H groups in total. The molecule has 0 radical (unpaired) electrons. The van der Waals surface area contributed by atoms with Gasteiger partial charge >= 0.3 is 5.97 Å². The van der Waals surface area contributed by atoms with Crippen LogP contribution >= 0.6 is 22.7 Å². The van der Waals surface area contributed by atoms with E-state index in [9.17, 15) is 4.79 Å². The highest BCUT2D eigenvalue weighted by atomic mass is 32.1. The van der Waals surface area contributed by atoms with Crippen molar-refractivity contribution in [3.05, 3.63) is 27.7 Å². The molecule has 18 heavy (non-hydrogen) atoms. The van der Waals surface area contributed by atoms with Crippen LogP contribution in [0.25, 0.3) is 0 Å². The Morgan fingerprint density at radius 1 is 1.56 bits per heavy atom. The van der Waals surface area contributed by atoms with Crippen molar-refractivity contribution in [1.82, 2.24) is 9.97 Å². The predicted octanol–water partition coefficient (Wildman–Crippen LogP) is 2.79. The largest absolute Gasteiger partial charge is 0.481 e. The maximum absolute atomic E-state index is 10.5. The zero-order chi connectivity index (χ0) is 13.0. The molecule has 0 aromatic carbocycles. The normalized spacial score (nSPS) is 12.3. The Kier molecular flexibility index (Phi) is 4.27. The van der Waals surface area contributed by atoms with E-state index in [0.29, 0.717) is 6.42 Å². The Hall–Kier alpha value is -1.47. The van der Waals surface area contributed by atoms with Crippen molar-refractivity contribution in [2.75, 3.05) is 5.32 Å². The van der Waals surface area contributed by atoms with Crippen molar-refractivity contribution >= 4 is 33.8 Å². The molecule has 7 heteroatoms. The zero-order valence-electron chi connectivity index (χ0n) is 9.79. The third-order valence-electron chi connectivity index (χ3n) is 2.31. The third kappa shape index (κ3) is 3.51. The van der Waals surface area contributed by atoms with Crippen molar-refractivity contribution in [1.29, 1.82) is 0 Å². The van der Waals surface area contributed by atoms with Crippen molar-refractivity contribution in [2.45, 2.75) is 25.8 Å². The van der Waals surface area contributed by atoms with Crippen molar-refractivity contribution < 1.29 is 9.90 Å². The minimum Gasteiger partial charge on any atom is -0.481 e. The molecule has 1 unspecified atom stereocenters. The molecule has 2 aromatic rings. The van der Waals surface area contributed by atoms with E-state index in [-0.39, 0.29) is 12.5 Å². The number of aliphatic carboxylic acids is 1. The Labute approximate surface area is 113 Å². The molecule has 0 spiro atoms. The van der Waals surface area contributed by atoms with Crippen molar-refractivity contribution in [2.24, 2.45) is 0 Å². The lowest BCUT2D eigenvalue weighted by Gasteiger charge is -2.08. The number of aromatic nitrogens is 2. The fourth-order valence-electron chi connectivity index (χ4n) is 1.42. The van der Waals surface area contributed by atoms with Crippen LogP contribution in [0.4, 0.5) is 5.13 Å². The number of hydrogen-bond donors (Lipinski definition) is 2. The monoisotopic (exact) mass is 283 g/mol. The van der Waals surface area contributed by atoms with Gasteiger partial charge in [0, 0.05) is 23.4 Å². The molecule has 1 atom stereocenters. The lowest BCUT2D eigenvalue weighted by atomic mass is 10.2. The first-order valence-corrected chi connectivity index (χ1v) is 7.23. The molecule has 0 fully saturated rings. The summed E-state index contributed by atoms with van der Waals surface area (Å²) in [5, 5.41) is 17.5. The van der Waals surface area contributed by atoms with Crippen LogP contribution in [0.5, 0.6) is 0 Å². The summed E-state index contributed by atoms with van der Waals surface area (Å²) in [6.07, 6.45) is 2.36. The second kappa shape index (κ2) is 5.92. The molecule has 2 heterocycles. The Bertz CT molecular complexity index is 510. The number of hydrogen-bond acceptors (Lipinski definition) is 6. The Balaban J connectivity index is 1.92. The quantitative estimate of drug-likeness (QED) is 0.852. The summed E-state index contributed by atoms with van der Waals surface area (Å²) in [7, 11) is 0. The van der Waals surface area contributed by atoms with E-state index >= 15 is 0 Å². The summed E-state index contributed by atoms with van der Waals surface area (Å²) in [5.74, 6) is -0.798. The number of nitrogens with one attached hydrogen (secondary N) is 1. The zero-order valence-corrected chi connectivity index (χ0v) is 11.4. The van der Waals surface area contributed by atoms with E-state index in [1.54, 1.807) is 17.5 Å². The summed E-state index contributed by atoms with van der Waals surface area (Å²) in [6, 6.07) is 0.114. The molecule has 0 amide bonds. The van der Waals surface area contributed by atoms with Crippen LogP contribution in [-0.2, 0) is 11.2 Å². The molecule has 2 aromatic heterocycles. The average molecular weight is 283 g/mol. The van der Waals surface area contributed by atoms with Crippen LogP contribution < -0.4 is 5.32 Å². The molecular weight excluding hydrogens is 270 g/mol. The van der Waals surface area contributed by atoms with Gasteiger partial charge in [0.15, 0.2) is 5.13 Å². The topological polar surface area (TPSA) is 75.1 Å². The molecule has 5 nitrogen and oxygen atoms in total. The number of carboxylic acids is 1. The molecule has 0 bridgehead atoms.